The van der Waals surface area contributed by atoms with E-state index in [2.05, 4.69) is 0 Å². The largest absolute Gasteiger partial charge is 0.480 e. The van der Waals surface area contributed by atoms with Gasteiger partial charge in [-0.05, 0) is 19.3 Å². The molecule has 0 aliphatic heterocycles. The summed E-state index contributed by atoms with van der Waals surface area (Å²) in [5.74, 6) is -5.59. The van der Waals surface area contributed by atoms with Crippen molar-refractivity contribution in [2.45, 2.75) is 52.1 Å². The van der Waals surface area contributed by atoms with Gasteiger partial charge in [-0.1, -0.05) is 20.8 Å². The summed E-state index contributed by atoms with van der Waals surface area (Å²) < 4.78 is 0. The molecule has 4 N–H and O–H groups in total. The third-order valence-corrected chi connectivity index (χ3v) is 5.18. The van der Waals surface area contributed by atoms with Crippen molar-refractivity contribution in [2.24, 2.45) is 11.3 Å². The Bertz CT molecular complexity index is 654. The van der Waals surface area contributed by atoms with Gasteiger partial charge in [-0.25, -0.2) is 0 Å². The second-order valence-electron chi connectivity index (χ2n) is 8.64. The first kappa shape index (κ1) is 25.5. The average molecular weight is 430 g/mol. The van der Waals surface area contributed by atoms with E-state index in [-0.39, 0.29) is 18.6 Å². The molecule has 0 radical (unpaired) electrons. The Hall–Kier alpha value is -2.53. The number of Topliss-reactive ketones (excluding diaryl/α,β-unsaturated/α-hetero) is 1. The number of rotatable bonds is 11. The normalized spacial score (nSPS) is 22.1. The van der Waals surface area contributed by atoms with Crippen molar-refractivity contribution < 1.29 is 44.4 Å². The van der Waals surface area contributed by atoms with Gasteiger partial charge < -0.3 is 20.4 Å². The zero-order valence-corrected chi connectivity index (χ0v) is 17.4. The van der Waals surface area contributed by atoms with Crippen LogP contribution in [-0.2, 0) is 24.0 Å². The van der Waals surface area contributed by atoms with Crippen LogP contribution in [-0.4, -0.2) is 98.1 Å². The minimum atomic E-state index is -1.28. The van der Waals surface area contributed by atoms with Crippen molar-refractivity contribution in [3.8, 4) is 0 Å². The van der Waals surface area contributed by atoms with Crippen molar-refractivity contribution in [2.75, 3.05) is 26.2 Å². The van der Waals surface area contributed by atoms with E-state index >= 15 is 0 Å². The first-order valence-corrected chi connectivity index (χ1v) is 9.62. The molecule has 1 aliphatic rings. The molecule has 3 atom stereocenters. The summed E-state index contributed by atoms with van der Waals surface area (Å²) in [5, 5.41) is 36.9. The molecule has 0 heterocycles. The molecule has 1 saturated carbocycles. The van der Waals surface area contributed by atoms with E-state index in [1.165, 1.54) is 9.80 Å². The summed E-state index contributed by atoms with van der Waals surface area (Å²) in [6, 6.07) is -1.53. The number of nitrogens with zero attached hydrogens (tertiary/aromatic N) is 2. The van der Waals surface area contributed by atoms with Gasteiger partial charge in [-0.3, -0.25) is 33.8 Å². The minimum absolute atomic E-state index is 0.0560. The molecule has 0 amide bonds. The van der Waals surface area contributed by atoms with Crippen molar-refractivity contribution >= 4 is 29.7 Å². The molecule has 0 aromatic heterocycles. The maximum atomic E-state index is 12.8. The number of carbonyl (C=O) groups is 5. The summed E-state index contributed by atoms with van der Waals surface area (Å²) in [5.41, 5.74) is -0.658. The molecule has 30 heavy (non-hydrogen) atoms. The molecule has 0 aromatic rings. The molecule has 1 rings (SSSR count). The van der Waals surface area contributed by atoms with E-state index in [1.54, 1.807) is 20.8 Å². The summed E-state index contributed by atoms with van der Waals surface area (Å²) >= 11 is 0. The maximum absolute atomic E-state index is 12.8. The maximum Gasteiger partial charge on any atom is 0.317 e. The molecule has 0 aromatic carbocycles. The zero-order chi connectivity index (χ0) is 23.2. The predicted octanol–water partition coefficient (Wildman–Crippen LogP) is 0.0813. The highest BCUT2D eigenvalue weighted by Crippen LogP contribution is 2.35. The summed E-state index contributed by atoms with van der Waals surface area (Å²) in [4.78, 5) is 60.4. The van der Waals surface area contributed by atoms with Crippen molar-refractivity contribution in [3.63, 3.8) is 0 Å². The van der Waals surface area contributed by atoms with Gasteiger partial charge in [-0.15, -0.1) is 0 Å². The van der Waals surface area contributed by atoms with Crippen molar-refractivity contribution in [1.82, 2.24) is 9.80 Å². The molecule has 11 nitrogen and oxygen atoms in total. The number of carboxylic acid groups (broad SMARTS) is 4. The number of ketones is 1. The second kappa shape index (κ2) is 10.5. The Balaban J connectivity index is 3.32. The van der Waals surface area contributed by atoms with E-state index in [0.717, 1.165) is 0 Å². The molecular formula is C19H30N2O9. The van der Waals surface area contributed by atoms with E-state index in [1.807, 2.05) is 0 Å². The standard InChI is InChI=1S/C19H30N2O9/c1-19(2,3)18(30)11-4-5-12(20(7-14(22)23)8-15(24)25)13(6-11)21(9-16(26)27)10-17(28)29/h11-13H,4-10H2,1-3H3,(H,22,23)(H,24,25)(H,26,27)(H,28,29). The lowest BCUT2D eigenvalue weighted by Gasteiger charge is -2.46. The van der Waals surface area contributed by atoms with Gasteiger partial charge in [0.15, 0.2) is 0 Å². The zero-order valence-electron chi connectivity index (χ0n) is 17.4. The van der Waals surface area contributed by atoms with Crippen LogP contribution < -0.4 is 0 Å². The van der Waals surface area contributed by atoms with E-state index in [4.69, 9.17) is 0 Å². The SMILES string of the molecule is CC(C)(C)C(=O)C1CCC(N(CC(=O)O)CC(=O)O)C(N(CC(=O)O)CC(=O)O)C1. The fourth-order valence-electron chi connectivity index (χ4n) is 4.08. The second-order valence-corrected chi connectivity index (χ2v) is 8.64. The van der Waals surface area contributed by atoms with E-state index in [0.29, 0.717) is 6.42 Å². The molecule has 1 aliphatic carbocycles. The highest BCUT2D eigenvalue weighted by atomic mass is 16.4. The number of carbonyl (C=O) groups excluding carboxylic acids is 1. The quantitative estimate of drug-likeness (QED) is 0.349. The van der Waals surface area contributed by atoms with Crippen LogP contribution in [0.25, 0.3) is 0 Å². The Kier molecular flexibility index (Phi) is 8.91. The molecule has 0 bridgehead atoms. The first-order valence-electron chi connectivity index (χ1n) is 9.62. The average Bonchev–Trinajstić information content (AvgIpc) is 2.57. The molecule has 0 spiro atoms. The topological polar surface area (TPSA) is 173 Å². The summed E-state index contributed by atoms with van der Waals surface area (Å²) in [6.45, 7) is 2.81. The lowest BCUT2D eigenvalue weighted by atomic mass is 9.72. The van der Waals surface area contributed by atoms with Gasteiger partial charge in [0.2, 0.25) is 0 Å². The Labute approximate surface area is 174 Å². The number of hydrogen-bond acceptors (Lipinski definition) is 7. The molecule has 0 saturated heterocycles. The molecular weight excluding hydrogens is 400 g/mol. The monoisotopic (exact) mass is 430 g/mol. The van der Waals surface area contributed by atoms with Gasteiger partial charge >= 0.3 is 23.9 Å². The van der Waals surface area contributed by atoms with E-state index in [9.17, 15) is 44.4 Å². The minimum Gasteiger partial charge on any atom is -0.480 e. The molecule has 11 heteroatoms. The molecule has 3 unspecified atom stereocenters. The Morgan fingerprint density at radius 2 is 1.07 bits per heavy atom. The lowest BCUT2D eigenvalue weighted by Crippen LogP contribution is -2.59. The van der Waals surface area contributed by atoms with Gasteiger partial charge in [0, 0.05) is 23.4 Å². The van der Waals surface area contributed by atoms with Gasteiger partial charge in [0.25, 0.3) is 0 Å². The van der Waals surface area contributed by atoms with Crippen LogP contribution in [0.15, 0.2) is 0 Å². The highest BCUT2D eigenvalue weighted by molar-refractivity contribution is 5.86. The van der Waals surface area contributed by atoms with Crippen LogP contribution in [0.2, 0.25) is 0 Å². The summed E-state index contributed by atoms with van der Waals surface area (Å²) in [6.07, 6.45) is 0.742. The molecule has 170 valence electrons. The number of hydrogen-bond donors (Lipinski definition) is 4. The Morgan fingerprint density at radius 3 is 1.40 bits per heavy atom. The van der Waals surface area contributed by atoms with Crippen LogP contribution in [0.4, 0.5) is 0 Å². The number of carboxylic acids is 4. The highest BCUT2D eigenvalue weighted by Gasteiger charge is 2.43. The van der Waals surface area contributed by atoms with Gasteiger partial charge in [-0.2, -0.15) is 0 Å². The predicted molar refractivity (Wildman–Crippen MR) is 103 cm³/mol. The van der Waals surface area contributed by atoms with Crippen LogP contribution in [0, 0.1) is 11.3 Å². The fourth-order valence-corrected chi connectivity index (χ4v) is 4.08. The summed E-state index contributed by atoms with van der Waals surface area (Å²) in [7, 11) is 0. The van der Waals surface area contributed by atoms with Crippen LogP contribution in [0.5, 0.6) is 0 Å². The van der Waals surface area contributed by atoms with Gasteiger partial charge in [0.05, 0.1) is 26.2 Å². The number of aliphatic carboxylic acids is 4. The lowest BCUT2D eigenvalue weighted by molar-refractivity contribution is -0.150. The third kappa shape index (κ3) is 7.71. The van der Waals surface area contributed by atoms with Crippen LogP contribution in [0.3, 0.4) is 0 Å². The first-order chi connectivity index (χ1) is 13.7. The van der Waals surface area contributed by atoms with E-state index < -0.39 is 73.5 Å². The smallest absolute Gasteiger partial charge is 0.317 e. The van der Waals surface area contributed by atoms with Crippen molar-refractivity contribution in [1.29, 1.82) is 0 Å². The van der Waals surface area contributed by atoms with Crippen molar-refractivity contribution in [3.05, 3.63) is 0 Å². The third-order valence-electron chi connectivity index (χ3n) is 5.18. The van der Waals surface area contributed by atoms with Gasteiger partial charge in [0.1, 0.15) is 5.78 Å². The molecule has 1 fully saturated rings. The van der Waals surface area contributed by atoms with Crippen LogP contribution in [0.1, 0.15) is 40.0 Å². The Morgan fingerprint density at radius 1 is 0.700 bits per heavy atom. The van der Waals surface area contributed by atoms with Crippen LogP contribution >= 0.6 is 0 Å². The fraction of sp³-hybridized carbons (Fsp3) is 0.737.